The van der Waals surface area contributed by atoms with Gasteiger partial charge in [0.05, 0.1) is 13.4 Å². The van der Waals surface area contributed by atoms with E-state index in [1.54, 1.807) is 24.1 Å². The number of anilines is 2. The molecule has 9 heteroatoms. The van der Waals surface area contributed by atoms with E-state index < -0.39 is 0 Å². The van der Waals surface area contributed by atoms with E-state index >= 15 is 0 Å². The van der Waals surface area contributed by atoms with Crippen molar-refractivity contribution in [3.8, 4) is 17.3 Å². The molecule has 2 N–H and O–H groups in total. The summed E-state index contributed by atoms with van der Waals surface area (Å²) in [6, 6.07) is 11.8. The Morgan fingerprint density at radius 1 is 1.13 bits per heavy atom. The van der Waals surface area contributed by atoms with Crippen LogP contribution in [-0.4, -0.2) is 57.8 Å². The van der Waals surface area contributed by atoms with Crippen molar-refractivity contribution in [3.63, 3.8) is 0 Å². The molecule has 0 amide bonds. The Balaban J connectivity index is 1.32. The van der Waals surface area contributed by atoms with E-state index in [-0.39, 0.29) is 0 Å². The molecule has 0 saturated carbocycles. The molecule has 1 aliphatic rings. The predicted molar refractivity (Wildman–Crippen MR) is 113 cm³/mol. The average Bonchev–Trinajstić information content (AvgIpc) is 3.47. The molecule has 1 saturated heterocycles. The molecule has 0 bridgehead atoms. The molecule has 0 radical (unpaired) electrons. The van der Waals surface area contributed by atoms with Gasteiger partial charge in [0.25, 0.3) is 0 Å². The highest BCUT2D eigenvalue weighted by Crippen LogP contribution is 2.24. The van der Waals surface area contributed by atoms with Gasteiger partial charge in [-0.1, -0.05) is 6.07 Å². The van der Waals surface area contributed by atoms with Crippen LogP contribution in [0.15, 0.2) is 53.3 Å². The largest absolute Gasteiger partial charge is 0.497 e. The topological polar surface area (TPSA) is 98.0 Å². The van der Waals surface area contributed by atoms with Crippen molar-refractivity contribution in [2.24, 2.45) is 0 Å². The Labute approximate surface area is 173 Å². The number of methoxy groups -OCH3 is 1. The number of nitrogens with two attached hydrogens (primary N) is 1. The third-order valence-corrected chi connectivity index (χ3v) is 5.39. The normalized spacial score (nSPS) is 15.0. The molecule has 1 fully saturated rings. The zero-order chi connectivity index (χ0) is 20.5. The lowest BCUT2D eigenvalue weighted by molar-refractivity contribution is 0.250. The molecule has 1 aromatic carbocycles. The number of hydrogen-bond donors (Lipinski definition) is 1. The van der Waals surface area contributed by atoms with Gasteiger partial charge in [-0.3, -0.25) is 4.90 Å². The molecule has 5 rings (SSSR count). The summed E-state index contributed by atoms with van der Waals surface area (Å²) in [4.78, 5) is 13.7. The van der Waals surface area contributed by atoms with E-state index in [4.69, 9.17) is 14.9 Å². The zero-order valence-corrected chi connectivity index (χ0v) is 16.7. The van der Waals surface area contributed by atoms with Crippen LogP contribution >= 0.6 is 0 Å². The number of benzene rings is 1. The van der Waals surface area contributed by atoms with E-state index in [0.29, 0.717) is 23.2 Å². The minimum Gasteiger partial charge on any atom is -0.497 e. The van der Waals surface area contributed by atoms with Crippen LogP contribution in [0.25, 0.3) is 17.2 Å². The van der Waals surface area contributed by atoms with Crippen LogP contribution in [0.2, 0.25) is 0 Å². The van der Waals surface area contributed by atoms with E-state index in [1.807, 2.05) is 24.3 Å². The molecule has 4 heterocycles. The Bertz CT molecular complexity index is 1150. The maximum atomic E-state index is 6.02. The maximum absolute atomic E-state index is 6.02. The van der Waals surface area contributed by atoms with Gasteiger partial charge in [-0.25, -0.2) is 9.97 Å². The van der Waals surface area contributed by atoms with Crippen LogP contribution in [0.3, 0.4) is 0 Å². The quantitative estimate of drug-likeness (QED) is 0.540. The molecular weight excluding hydrogens is 382 g/mol. The van der Waals surface area contributed by atoms with Crippen molar-refractivity contribution in [1.29, 1.82) is 0 Å². The number of piperazine rings is 1. The smallest absolute Gasteiger partial charge is 0.223 e. The van der Waals surface area contributed by atoms with Crippen molar-refractivity contribution in [2.45, 2.75) is 6.54 Å². The van der Waals surface area contributed by atoms with Gasteiger partial charge in [0.2, 0.25) is 11.8 Å². The molecular formula is C21H23N7O2. The van der Waals surface area contributed by atoms with Crippen LogP contribution in [0.1, 0.15) is 5.56 Å². The van der Waals surface area contributed by atoms with Crippen LogP contribution in [-0.2, 0) is 6.54 Å². The van der Waals surface area contributed by atoms with Gasteiger partial charge in [-0.05, 0) is 24.3 Å². The summed E-state index contributed by atoms with van der Waals surface area (Å²) in [6.07, 6.45) is 3.39. The monoisotopic (exact) mass is 405 g/mol. The van der Waals surface area contributed by atoms with Crippen LogP contribution < -0.4 is 15.4 Å². The number of nitrogen functional groups attached to an aromatic ring is 1. The fourth-order valence-corrected chi connectivity index (χ4v) is 3.77. The SMILES string of the molecule is COc1cccc(N2CCN(Cc3cnc(N)n4nc(-c5ccco5)nc34)CC2)c1. The average molecular weight is 405 g/mol. The van der Waals surface area contributed by atoms with Gasteiger partial charge in [0, 0.05) is 56.2 Å². The van der Waals surface area contributed by atoms with E-state index in [1.165, 1.54) is 5.69 Å². The van der Waals surface area contributed by atoms with Crippen LogP contribution in [0.5, 0.6) is 5.75 Å². The molecule has 154 valence electrons. The molecule has 30 heavy (non-hydrogen) atoms. The second-order valence-corrected chi connectivity index (χ2v) is 7.25. The number of ether oxygens (including phenoxy) is 1. The van der Waals surface area contributed by atoms with Gasteiger partial charge in [0.1, 0.15) is 5.75 Å². The molecule has 0 spiro atoms. The Morgan fingerprint density at radius 3 is 2.77 bits per heavy atom. The summed E-state index contributed by atoms with van der Waals surface area (Å²) in [5, 5.41) is 4.46. The highest BCUT2D eigenvalue weighted by molar-refractivity contribution is 5.57. The Hall–Kier alpha value is -3.59. The van der Waals surface area contributed by atoms with Crippen molar-refractivity contribution in [1.82, 2.24) is 24.5 Å². The fraction of sp³-hybridized carbons (Fsp3) is 0.286. The third kappa shape index (κ3) is 3.43. The lowest BCUT2D eigenvalue weighted by atomic mass is 10.2. The first kappa shape index (κ1) is 18.4. The first-order chi connectivity index (χ1) is 14.7. The number of fused-ring (bicyclic) bond motifs is 1. The summed E-state index contributed by atoms with van der Waals surface area (Å²) >= 11 is 0. The van der Waals surface area contributed by atoms with Crippen molar-refractivity contribution < 1.29 is 9.15 Å². The molecule has 4 aromatic rings. The van der Waals surface area contributed by atoms with E-state index in [0.717, 1.165) is 44.0 Å². The molecule has 0 aliphatic carbocycles. The number of aromatic nitrogens is 4. The third-order valence-electron chi connectivity index (χ3n) is 5.39. The van der Waals surface area contributed by atoms with Crippen molar-refractivity contribution in [3.05, 3.63) is 54.4 Å². The second-order valence-electron chi connectivity index (χ2n) is 7.25. The predicted octanol–water partition coefficient (Wildman–Crippen LogP) is 2.30. The Kier molecular flexibility index (Phi) is 4.72. The molecule has 3 aromatic heterocycles. The summed E-state index contributed by atoms with van der Waals surface area (Å²) in [5.74, 6) is 2.30. The molecule has 0 atom stereocenters. The zero-order valence-electron chi connectivity index (χ0n) is 16.7. The number of nitrogens with zero attached hydrogens (tertiary/aromatic N) is 6. The minimum atomic E-state index is 0.307. The van der Waals surface area contributed by atoms with Gasteiger partial charge in [-0.15, -0.1) is 5.10 Å². The van der Waals surface area contributed by atoms with Gasteiger partial charge in [0.15, 0.2) is 11.4 Å². The maximum Gasteiger partial charge on any atom is 0.223 e. The first-order valence-corrected chi connectivity index (χ1v) is 9.86. The summed E-state index contributed by atoms with van der Waals surface area (Å²) in [5.41, 5.74) is 8.91. The summed E-state index contributed by atoms with van der Waals surface area (Å²) < 4.78 is 12.4. The highest BCUT2D eigenvalue weighted by Gasteiger charge is 2.21. The first-order valence-electron chi connectivity index (χ1n) is 9.86. The number of hydrogen-bond acceptors (Lipinski definition) is 8. The molecule has 1 aliphatic heterocycles. The minimum absolute atomic E-state index is 0.307. The van der Waals surface area contributed by atoms with Crippen LogP contribution in [0.4, 0.5) is 11.6 Å². The summed E-state index contributed by atoms with van der Waals surface area (Å²) in [6.45, 7) is 4.49. The lowest BCUT2D eigenvalue weighted by Gasteiger charge is -2.36. The second kappa shape index (κ2) is 7.68. The summed E-state index contributed by atoms with van der Waals surface area (Å²) in [7, 11) is 1.69. The van der Waals surface area contributed by atoms with Gasteiger partial charge >= 0.3 is 0 Å². The fourth-order valence-electron chi connectivity index (χ4n) is 3.77. The number of furan rings is 1. The van der Waals surface area contributed by atoms with Gasteiger partial charge in [-0.2, -0.15) is 4.52 Å². The van der Waals surface area contributed by atoms with Gasteiger partial charge < -0.3 is 19.8 Å². The van der Waals surface area contributed by atoms with Crippen molar-refractivity contribution >= 4 is 17.3 Å². The number of rotatable bonds is 5. The van der Waals surface area contributed by atoms with E-state index in [2.05, 4.69) is 37.0 Å². The Morgan fingerprint density at radius 2 is 2.00 bits per heavy atom. The van der Waals surface area contributed by atoms with E-state index in [9.17, 15) is 0 Å². The van der Waals surface area contributed by atoms with Crippen molar-refractivity contribution in [2.75, 3.05) is 43.9 Å². The standard InChI is InChI=1S/C21H23N7O2/c1-29-17-5-2-4-16(12-17)27-9-7-26(8-10-27)14-15-13-23-21(22)28-20(15)24-19(25-28)18-6-3-11-30-18/h2-6,11-13H,7-10,14H2,1H3,(H2,22,23). The van der Waals surface area contributed by atoms with Crippen LogP contribution in [0, 0.1) is 0 Å². The highest BCUT2D eigenvalue weighted by atomic mass is 16.5. The molecule has 9 nitrogen and oxygen atoms in total. The lowest BCUT2D eigenvalue weighted by Crippen LogP contribution is -2.46. The molecule has 0 unspecified atom stereocenters.